The maximum Gasteiger partial charge on any atom is 0.406 e. The number of nitrogens with zero attached hydrogens (tertiary/aromatic N) is 4. The number of carbonyl (C=O) groups excluding carboxylic acids is 3. The molecule has 14 nitrogen and oxygen atoms in total. The zero-order chi connectivity index (χ0) is 24.2. The first-order valence-electron chi connectivity index (χ1n) is 10.7. The van der Waals surface area contributed by atoms with Gasteiger partial charge in [0.1, 0.15) is 19.0 Å². The van der Waals surface area contributed by atoms with E-state index >= 15 is 0 Å². The van der Waals surface area contributed by atoms with Crippen LogP contribution in [0.1, 0.15) is 26.5 Å². The number of hydrogen-bond acceptors (Lipinski definition) is 12. The Labute approximate surface area is 194 Å². The quantitative estimate of drug-likeness (QED) is 0.409. The Bertz CT molecular complexity index is 1050. The number of rotatable bonds is 7. The lowest BCUT2D eigenvalue weighted by Crippen LogP contribution is -2.41. The molecule has 2 saturated heterocycles. The van der Waals surface area contributed by atoms with Gasteiger partial charge in [0.15, 0.2) is 35.4 Å². The van der Waals surface area contributed by atoms with Crippen molar-refractivity contribution in [3.63, 3.8) is 0 Å². The molecule has 0 aliphatic carbocycles. The molecule has 0 saturated carbocycles. The van der Waals surface area contributed by atoms with Crippen LogP contribution in [0.5, 0.6) is 0 Å². The molecule has 2 aromatic rings. The molecule has 184 valence electrons. The topological polar surface area (TPSA) is 165 Å². The lowest BCUT2D eigenvalue weighted by molar-refractivity contribution is -0.165. The molecule has 0 bridgehead atoms. The maximum atomic E-state index is 11.9. The van der Waals surface area contributed by atoms with Gasteiger partial charge in [-0.1, -0.05) is 0 Å². The second-order valence-corrected chi connectivity index (χ2v) is 7.81. The van der Waals surface area contributed by atoms with Gasteiger partial charge in [0.25, 0.3) is 0 Å². The second kappa shape index (κ2) is 10.2. The van der Waals surface area contributed by atoms with E-state index in [4.69, 9.17) is 23.7 Å². The number of aromatic nitrogens is 4. The van der Waals surface area contributed by atoms with Crippen molar-refractivity contribution in [3.8, 4) is 0 Å². The molecule has 14 heteroatoms. The molecule has 2 unspecified atom stereocenters. The molecular formula is C20H26N6O8. The molecule has 0 aromatic carbocycles. The summed E-state index contributed by atoms with van der Waals surface area (Å²) < 4.78 is 29.0. The van der Waals surface area contributed by atoms with E-state index in [1.54, 1.807) is 4.57 Å². The van der Waals surface area contributed by atoms with E-state index in [1.165, 1.54) is 33.5 Å². The van der Waals surface area contributed by atoms with E-state index < -0.39 is 42.6 Å². The molecule has 1 amide bonds. The Kier molecular flexibility index (Phi) is 7.07. The summed E-state index contributed by atoms with van der Waals surface area (Å²) in [5.41, 5.74) is 0.890. The third kappa shape index (κ3) is 5.02. The highest BCUT2D eigenvalue weighted by Crippen LogP contribution is 2.36. The van der Waals surface area contributed by atoms with E-state index in [0.717, 1.165) is 6.42 Å². The number of carbonyl (C=O) groups is 3. The first-order chi connectivity index (χ1) is 16.4. The van der Waals surface area contributed by atoms with Gasteiger partial charge in [0.05, 0.1) is 19.0 Å². The summed E-state index contributed by atoms with van der Waals surface area (Å²) in [7, 11) is 1.41. The first kappa shape index (κ1) is 23.6. The van der Waals surface area contributed by atoms with Crippen LogP contribution in [0, 0.1) is 0 Å². The minimum absolute atomic E-state index is 0.0966. The van der Waals surface area contributed by atoms with Gasteiger partial charge in [0, 0.05) is 27.5 Å². The van der Waals surface area contributed by atoms with Crippen molar-refractivity contribution < 1.29 is 38.1 Å². The fourth-order valence-corrected chi connectivity index (χ4v) is 3.93. The molecule has 4 heterocycles. The highest BCUT2D eigenvalue weighted by Gasteiger charge is 2.51. The predicted octanol–water partition coefficient (Wildman–Crippen LogP) is 0.144. The third-order valence-corrected chi connectivity index (χ3v) is 5.38. The van der Waals surface area contributed by atoms with Gasteiger partial charge < -0.3 is 34.3 Å². The second-order valence-electron chi connectivity index (χ2n) is 7.81. The van der Waals surface area contributed by atoms with Crippen molar-refractivity contribution >= 4 is 35.0 Å². The molecule has 5 atom stereocenters. The van der Waals surface area contributed by atoms with E-state index in [0.29, 0.717) is 30.2 Å². The van der Waals surface area contributed by atoms with Crippen molar-refractivity contribution in [1.82, 2.24) is 24.8 Å². The Balaban J connectivity index is 1.66. The summed E-state index contributed by atoms with van der Waals surface area (Å²) in [6, 6.07) is 0.0966. The molecule has 2 aliphatic rings. The first-order valence-corrected chi connectivity index (χ1v) is 10.7. The molecule has 2 aliphatic heterocycles. The summed E-state index contributed by atoms with van der Waals surface area (Å²) in [6.45, 7) is 3.43. The number of amides is 1. The number of hydrogen-bond donors (Lipinski definition) is 2. The van der Waals surface area contributed by atoms with Gasteiger partial charge in [-0.25, -0.2) is 19.7 Å². The minimum Gasteiger partial charge on any atom is -0.455 e. The number of anilines is 1. The Morgan fingerprint density at radius 1 is 1.15 bits per heavy atom. The van der Waals surface area contributed by atoms with E-state index in [2.05, 4.69) is 25.6 Å². The van der Waals surface area contributed by atoms with Crippen LogP contribution in [0.2, 0.25) is 0 Å². The molecule has 0 radical (unpaired) electrons. The number of fused-ring (bicyclic) bond motifs is 1. The summed E-state index contributed by atoms with van der Waals surface area (Å²) >= 11 is 0. The molecule has 4 rings (SSSR count). The average Bonchev–Trinajstić information content (AvgIpc) is 3.52. The number of nitrogens with one attached hydrogen (secondary N) is 2. The van der Waals surface area contributed by atoms with E-state index in [-0.39, 0.29) is 12.6 Å². The number of ether oxygens (including phenoxy) is 5. The van der Waals surface area contributed by atoms with Crippen molar-refractivity contribution in [2.24, 2.45) is 0 Å². The van der Waals surface area contributed by atoms with Crippen molar-refractivity contribution in [2.75, 3.05) is 32.2 Å². The van der Waals surface area contributed by atoms with Gasteiger partial charge >= 0.3 is 18.0 Å². The van der Waals surface area contributed by atoms with Crippen LogP contribution >= 0.6 is 0 Å². The summed E-state index contributed by atoms with van der Waals surface area (Å²) in [6.07, 6.45) is -0.963. The lowest BCUT2D eigenvalue weighted by Gasteiger charge is -2.23. The molecule has 0 spiro atoms. The van der Waals surface area contributed by atoms with Gasteiger partial charge in [-0.15, -0.1) is 0 Å². The van der Waals surface area contributed by atoms with Crippen LogP contribution < -0.4 is 10.6 Å². The van der Waals surface area contributed by atoms with Crippen molar-refractivity contribution in [1.29, 1.82) is 0 Å². The molecule has 2 N–H and O–H groups in total. The molecule has 2 fully saturated rings. The zero-order valence-electron chi connectivity index (χ0n) is 18.9. The fourth-order valence-electron chi connectivity index (χ4n) is 3.93. The predicted molar refractivity (Wildman–Crippen MR) is 114 cm³/mol. The number of alkyl carbamates (subject to hydrolysis) is 1. The van der Waals surface area contributed by atoms with E-state index in [9.17, 15) is 14.4 Å². The van der Waals surface area contributed by atoms with Gasteiger partial charge in [0.2, 0.25) is 0 Å². The highest BCUT2D eigenvalue weighted by atomic mass is 16.7. The monoisotopic (exact) mass is 478 g/mol. The van der Waals surface area contributed by atoms with Crippen LogP contribution in [-0.2, 0) is 33.3 Å². The van der Waals surface area contributed by atoms with Crippen LogP contribution in [0.25, 0.3) is 11.2 Å². The summed E-state index contributed by atoms with van der Waals surface area (Å²) in [5.74, 6) is -0.692. The van der Waals surface area contributed by atoms with Crippen LogP contribution in [-0.4, -0.2) is 88.8 Å². The molecule has 2 aromatic heterocycles. The normalized spacial score (nSPS) is 26.3. The Morgan fingerprint density at radius 2 is 1.91 bits per heavy atom. The minimum atomic E-state index is -1.05. The largest absolute Gasteiger partial charge is 0.455 e. The number of esters is 2. The van der Waals surface area contributed by atoms with Gasteiger partial charge in [-0.2, -0.15) is 0 Å². The van der Waals surface area contributed by atoms with Gasteiger partial charge in [-0.3, -0.25) is 14.2 Å². The van der Waals surface area contributed by atoms with Crippen LogP contribution in [0.15, 0.2) is 12.7 Å². The number of imidazole rings is 1. The standard InChI is InChI=1S/C20H26N6O8/c1-10(27)32-15-13(7-31-20(29)21-3)34-19(16(15)33-11(2)28)26-9-24-14-17(22-8-23-18(14)26)25-12-4-5-30-6-12/h8-9,12-13,15-16,19H,4-7H2,1-3H3,(H,21,29)(H,22,23,25)/t12?,13-,15-,16-,19?/m1/s1. The van der Waals surface area contributed by atoms with Crippen LogP contribution in [0.4, 0.5) is 10.6 Å². The lowest BCUT2D eigenvalue weighted by atomic mass is 10.1. The van der Waals surface area contributed by atoms with Crippen LogP contribution in [0.3, 0.4) is 0 Å². The fraction of sp³-hybridized carbons (Fsp3) is 0.600. The zero-order valence-corrected chi connectivity index (χ0v) is 18.9. The van der Waals surface area contributed by atoms with Crippen molar-refractivity contribution in [3.05, 3.63) is 12.7 Å². The molecule has 34 heavy (non-hydrogen) atoms. The van der Waals surface area contributed by atoms with E-state index in [1.807, 2.05) is 0 Å². The highest BCUT2D eigenvalue weighted by molar-refractivity contribution is 5.83. The Morgan fingerprint density at radius 3 is 2.59 bits per heavy atom. The van der Waals surface area contributed by atoms with Crippen molar-refractivity contribution in [2.45, 2.75) is 50.8 Å². The average molecular weight is 478 g/mol. The Hall–Kier alpha value is -3.52. The molecular weight excluding hydrogens is 452 g/mol. The summed E-state index contributed by atoms with van der Waals surface area (Å²) in [4.78, 5) is 48.3. The maximum absolute atomic E-state index is 11.9. The van der Waals surface area contributed by atoms with Gasteiger partial charge in [-0.05, 0) is 6.42 Å². The summed E-state index contributed by atoms with van der Waals surface area (Å²) in [5, 5.41) is 5.63. The smallest absolute Gasteiger partial charge is 0.406 e. The third-order valence-electron chi connectivity index (χ3n) is 5.38. The SMILES string of the molecule is CNC(=O)OC[C@H]1OC(n2cnc3c(NC4CCOC4)ncnc32)[C@H](OC(C)=O)[C@@H]1OC(C)=O.